The van der Waals surface area contributed by atoms with E-state index in [1.807, 2.05) is 35.0 Å². The van der Waals surface area contributed by atoms with Crippen molar-refractivity contribution in [1.29, 1.82) is 0 Å². The van der Waals surface area contributed by atoms with E-state index in [0.29, 0.717) is 5.56 Å². The SMILES string of the molecule is COc1ccc(-n2ccc(C=O)c2)cc1. The molecule has 0 fully saturated rings. The number of benzene rings is 1. The zero-order valence-corrected chi connectivity index (χ0v) is 8.38. The molecule has 1 aromatic heterocycles. The molecule has 0 unspecified atom stereocenters. The van der Waals surface area contributed by atoms with Crippen LogP contribution in [0.15, 0.2) is 42.7 Å². The van der Waals surface area contributed by atoms with Gasteiger partial charge in [-0.15, -0.1) is 0 Å². The van der Waals surface area contributed by atoms with Crippen LogP contribution >= 0.6 is 0 Å². The van der Waals surface area contributed by atoms with Crippen molar-refractivity contribution in [1.82, 2.24) is 4.57 Å². The van der Waals surface area contributed by atoms with Gasteiger partial charge in [-0.05, 0) is 30.3 Å². The van der Waals surface area contributed by atoms with Crippen LogP contribution in [0, 0.1) is 0 Å². The van der Waals surface area contributed by atoms with E-state index in [4.69, 9.17) is 4.74 Å². The maximum atomic E-state index is 10.5. The summed E-state index contributed by atoms with van der Waals surface area (Å²) in [5.74, 6) is 0.821. The number of aldehydes is 1. The minimum Gasteiger partial charge on any atom is -0.497 e. The van der Waals surface area contributed by atoms with Gasteiger partial charge in [-0.1, -0.05) is 0 Å². The molecule has 0 spiro atoms. The van der Waals surface area contributed by atoms with Crippen LogP contribution in [0.1, 0.15) is 10.4 Å². The van der Waals surface area contributed by atoms with Gasteiger partial charge in [0.05, 0.1) is 7.11 Å². The summed E-state index contributed by atoms with van der Waals surface area (Å²) >= 11 is 0. The third kappa shape index (κ3) is 1.91. The number of hydrogen-bond donors (Lipinski definition) is 0. The van der Waals surface area contributed by atoms with Crippen molar-refractivity contribution in [3.8, 4) is 11.4 Å². The van der Waals surface area contributed by atoms with Gasteiger partial charge in [-0.3, -0.25) is 4.79 Å². The van der Waals surface area contributed by atoms with Gasteiger partial charge in [-0.25, -0.2) is 0 Å². The van der Waals surface area contributed by atoms with Crippen molar-refractivity contribution in [3.05, 3.63) is 48.3 Å². The first-order valence-electron chi connectivity index (χ1n) is 4.61. The molecule has 0 radical (unpaired) electrons. The van der Waals surface area contributed by atoms with E-state index in [1.165, 1.54) is 0 Å². The van der Waals surface area contributed by atoms with Crippen LogP contribution in [0.4, 0.5) is 0 Å². The van der Waals surface area contributed by atoms with Gasteiger partial charge in [0.25, 0.3) is 0 Å². The van der Waals surface area contributed by atoms with Crippen LogP contribution in [-0.2, 0) is 0 Å². The largest absolute Gasteiger partial charge is 0.497 e. The summed E-state index contributed by atoms with van der Waals surface area (Å²) in [5.41, 5.74) is 1.68. The van der Waals surface area contributed by atoms with Gasteiger partial charge in [0.15, 0.2) is 6.29 Å². The van der Waals surface area contributed by atoms with E-state index < -0.39 is 0 Å². The molecular formula is C12H11NO2. The first kappa shape index (κ1) is 9.52. The second-order valence-corrected chi connectivity index (χ2v) is 3.17. The lowest BCUT2D eigenvalue weighted by atomic mass is 10.3. The van der Waals surface area contributed by atoms with Crippen molar-refractivity contribution in [2.45, 2.75) is 0 Å². The van der Waals surface area contributed by atoms with Crippen molar-refractivity contribution in [2.75, 3.05) is 7.11 Å². The van der Waals surface area contributed by atoms with Crippen molar-refractivity contribution in [3.63, 3.8) is 0 Å². The van der Waals surface area contributed by atoms with E-state index in [-0.39, 0.29) is 0 Å². The highest BCUT2D eigenvalue weighted by atomic mass is 16.5. The molecule has 0 saturated carbocycles. The van der Waals surface area contributed by atoms with E-state index >= 15 is 0 Å². The number of aromatic nitrogens is 1. The van der Waals surface area contributed by atoms with Gasteiger partial charge >= 0.3 is 0 Å². The number of methoxy groups -OCH3 is 1. The third-order valence-corrected chi connectivity index (χ3v) is 2.22. The van der Waals surface area contributed by atoms with E-state index in [1.54, 1.807) is 19.4 Å². The molecule has 3 nitrogen and oxygen atoms in total. The fourth-order valence-electron chi connectivity index (χ4n) is 1.40. The summed E-state index contributed by atoms with van der Waals surface area (Å²) in [6.07, 6.45) is 4.47. The summed E-state index contributed by atoms with van der Waals surface area (Å²) in [5, 5.41) is 0. The molecular weight excluding hydrogens is 190 g/mol. The minimum absolute atomic E-state index is 0.672. The summed E-state index contributed by atoms with van der Waals surface area (Å²) in [6.45, 7) is 0. The molecule has 0 aliphatic carbocycles. The fraction of sp³-hybridized carbons (Fsp3) is 0.0833. The fourth-order valence-corrected chi connectivity index (χ4v) is 1.40. The predicted molar refractivity (Wildman–Crippen MR) is 57.7 cm³/mol. The number of rotatable bonds is 3. The molecule has 0 aliphatic rings. The van der Waals surface area contributed by atoms with Crippen molar-refractivity contribution in [2.24, 2.45) is 0 Å². The zero-order valence-electron chi connectivity index (χ0n) is 8.38. The standard InChI is InChI=1S/C12H11NO2/c1-15-12-4-2-11(3-5-12)13-7-6-10(8-13)9-14/h2-9H,1H3. The highest BCUT2D eigenvalue weighted by Gasteiger charge is 1.98. The van der Waals surface area contributed by atoms with Crippen LogP contribution in [0.25, 0.3) is 5.69 Å². The second kappa shape index (κ2) is 4.00. The van der Waals surface area contributed by atoms with E-state index in [0.717, 1.165) is 17.7 Å². The summed E-state index contributed by atoms with van der Waals surface area (Å²) in [6, 6.07) is 9.42. The highest BCUT2D eigenvalue weighted by molar-refractivity contribution is 5.74. The molecule has 0 aliphatic heterocycles. The van der Waals surface area contributed by atoms with Gasteiger partial charge in [-0.2, -0.15) is 0 Å². The molecule has 2 aromatic rings. The normalized spacial score (nSPS) is 9.93. The Kier molecular flexibility index (Phi) is 2.54. The van der Waals surface area contributed by atoms with Crippen LogP contribution in [0.3, 0.4) is 0 Å². The van der Waals surface area contributed by atoms with Gasteiger partial charge in [0, 0.05) is 23.6 Å². The topological polar surface area (TPSA) is 31.2 Å². The second-order valence-electron chi connectivity index (χ2n) is 3.17. The summed E-state index contributed by atoms with van der Waals surface area (Å²) in [4.78, 5) is 10.5. The van der Waals surface area contributed by atoms with Gasteiger partial charge in [0.1, 0.15) is 5.75 Å². The molecule has 1 aromatic carbocycles. The molecule has 0 saturated heterocycles. The lowest BCUT2D eigenvalue weighted by Crippen LogP contribution is -1.90. The molecule has 0 bridgehead atoms. The first-order chi connectivity index (χ1) is 7.33. The zero-order chi connectivity index (χ0) is 10.7. The van der Waals surface area contributed by atoms with E-state index in [2.05, 4.69) is 0 Å². The third-order valence-electron chi connectivity index (χ3n) is 2.22. The first-order valence-corrected chi connectivity index (χ1v) is 4.61. The molecule has 1 heterocycles. The molecule has 0 amide bonds. The van der Waals surface area contributed by atoms with Gasteiger partial charge < -0.3 is 9.30 Å². The quantitative estimate of drug-likeness (QED) is 0.713. The smallest absolute Gasteiger partial charge is 0.151 e. The number of nitrogens with zero attached hydrogens (tertiary/aromatic N) is 1. The lowest BCUT2D eigenvalue weighted by Gasteiger charge is -2.03. The molecule has 3 heteroatoms. The monoisotopic (exact) mass is 201 g/mol. The Morgan fingerprint density at radius 2 is 1.93 bits per heavy atom. The number of ether oxygens (including phenoxy) is 1. The molecule has 2 rings (SSSR count). The Hall–Kier alpha value is -2.03. The average Bonchev–Trinajstić information content (AvgIpc) is 2.78. The number of carbonyl (C=O) groups excluding carboxylic acids is 1. The lowest BCUT2D eigenvalue weighted by molar-refractivity contribution is 0.112. The Morgan fingerprint density at radius 3 is 2.47 bits per heavy atom. The van der Waals surface area contributed by atoms with Crippen LogP contribution in [0.5, 0.6) is 5.75 Å². The Bertz CT molecular complexity index is 457. The van der Waals surface area contributed by atoms with Gasteiger partial charge in [0.2, 0.25) is 0 Å². The Balaban J connectivity index is 2.32. The molecule has 0 N–H and O–H groups in total. The maximum absolute atomic E-state index is 10.5. The average molecular weight is 201 g/mol. The Morgan fingerprint density at radius 1 is 1.20 bits per heavy atom. The van der Waals surface area contributed by atoms with Crippen LogP contribution in [0.2, 0.25) is 0 Å². The van der Waals surface area contributed by atoms with E-state index in [9.17, 15) is 4.79 Å². The molecule has 0 atom stereocenters. The number of hydrogen-bond acceptors (Lipinski definition) is 2. The van der Waals surface area contributed by atoms with Crippen LogP contribution in [-0.4, -0.2) is 18.0 Å². The van der Waals surface area contributed by atoms with Crippen molar-refractivity contribution < 1.29 is 9.53 Å². The maximum Gasteiger partial charge on any atom is 0.151 e. The number of carbonyl (C=O) groups is 1. The van der Waals surface area contributed by atoms with Crippen molar-refractivity contribution >= 4 is 6.29 Å². The minimum atomic E-state index is 0.672. The molecule has 15 heavy (non-hydrogen) atoms. The van der Waals surface area contributed by atoms with Crippen LogP contribution < -0.4 is 4.74 Å². The summed E-state index contributed by atoms with van der Waals surface area (Å²) < 4.78 is 6.96. The summed E-state index contributed by atoms with van der Waals surface area (Å²) in [7, 11) is 1.63. The predicted octanol–water partition coefficient (Wildman–Crippen LogP) is 2.30. The Labute approximate surface area is 87.9 Å². The molecule has 76 valence electrons. The highest BCUT2D eigenvalue weighted by Crippen LogP contribution is 2.15.